The molecule has 0 amide bonds. The van der Waals surface area contributed by atoms with E-state index in [1.807, 2.05) is 12.1 Å². The van der Waals surface area contributed by atoms with Crippen molar-refractivity contribution in [2.75, 3.05) is 32.0 Å². The van der Waals surface area contributed by atoms with Crippen LogP contribution < -0.4 is 10.5 Å². The first-order valence-corrected chi connectivity index (χ1v) is 7.54. The molecular formula is C15H23ClN2O. The Morgan fingerprint density at radius 1 is 1.16 bits per heavy atom. The number of halogens is 1. The number of anilines is 1. The first-order valence-electron chi connectivity index (χ1n) is 7.16. The lowest BCUT2D eigenvalue weighted by Gasteiger charge is -2.19. The van der Waals surface area contributed by atoms with E-state index in [0.717, 1.165) is 18.7 Å². The Labute approximate surface area is 120 Å². The Balaban J connectivity index is 1.68. The standard InChI is InChI=1S/C15H23ClN2O/c16-13-6-7-15(14(17)12-13)19-11-5-10-18-8-3-1-2-4-9-18/h6-7,12H,1-5,8-11,17H2. The topological polar surface area (TPSA) is 38.5 Å². The maximum absolute atomic E-state index is 5.85. The molecule has 0 aliphatic carbocycles. The fraction of sp³-hybridized carbons (Fsp3) is 0.600. The molecule has 2 N–H and O–H groups in total. The molecule has 1 aromatic rings. The van der Waals surface area contributed by atoms with Gasteiger partial charge in [-0.2, -0.15) is 0 Å². The quantitative estimate of drug-likeness (QED) is 0.663. The summed E-state index contributed by atoms with van der Waals surface area (Å²) in [4.78, 5) is 2.54. The highest BCUT2D eigenvalue weighted by Crippen LogP contribution is 2.24. The van der Waals surface area contributed by atoms with E-state index in [1.165, 1.54) is 38.8 Å². The van der Waals surface area contributed by atoms with Gasteiger partial charge in [0.1, 0.15) is 5.75 Å². The first kappa shape index (κ1) is 14.5. The molecule has 0 bridgehead atoms. The fourth-order valence-electron chi connectivity index (χ4n) is 2.48. The van der Waals surface area contributed by atoms with Gasteiger partial charge >= 0.3 is 0 Å². The predicted molar refractivity (Wildman–Crippen MR) is 80.9 cm³/mol. The van der Waals surface area contributed by atoms with Crippen LogP contribution in [0.2, 0.25) is 5.02 Å². The lowest BCUT2D eigenvalue weighted by atomic mass is 10.2. The maximum atomic E-state index is 5.85. The van der Waals surface area contributed by atoms with Crippen LogP contribution in [0.15, 0.2) is 18.2 Å². The van der Waals surface area contributed by atoms with Gasteiger partial charge < -0.3 is 15.4 Å². The van der Waals surface area contributed by atoms with Crippen molar-refractivity contribution in [1.29, 1.82) is 0 Å². The van der Waals surface area contributed by atoms with Crippen molar-refractivity contribution in [3.05, 3.63) is 23.2 Å². The maximum Gasteiger partial charge on any atom is 0.142 e. The van der Waals surface area contributed by atoms with Gasteiger partial charge in [-0.05, 0) is 50.6 Å². The normalized spacial score (nSPS) is 17.1. The number of likely N-dealkylation sites (tertiary alicyclic amines) is 1. The van der Waals surface area contributed by atoms with Gasteiger partial charge in [0, 0.05) is 11.6 Å². The third kappa shape index (κ3) is 4.92. The van der Waals surface area contributed by atoms with E-state index in [4.69, 9.17) is 22.1 Å². The summed E-state index contributed by atoms with van der Waals surface area (Å²) in [5, 5.41) is 0.648. The molecule has 0 aromatic heterocycles. The second-order valence-electron chi connectivity index (χ2n) is 5.14. The molecule has 106 valence electrons. The molecule has 0 atom stereocenters. The minimum absolute atomic E-state index is 0.613. The highest BCUT2D eigenvalue weighted by Gasteiger charge is 2.08. The van der Waals surface area contributed by atoms with Gasteiger partial charge in [0.05, 0.1) is 12.3 Å². The van der Waals surface area contributed by atoms with Crippen LogP contribution >= 0.6 is 11.6 Å². The summed E-state index contributed by atoms with van der Waals surface area (Å²) < 4.78 is 5.70. The van der Waals surface area contributed by atoms with E-state index < -0.39 is 0 Å². The van der Waals surface area contributed by atoms with Gasteiger partial charge in [0.15, 0.2) is 0 Å². The molecular weight excluding hydrogens is 260 g/mol. The third-order valence-corrected chi connectivity index (χ3v) is 3.78. The van der Waals surface area contributed by atoms with E-state index in [2.05, 4.69) is 4.90 Å². The Morgan fingerprint density at radius 3 is 2.58 bits per heavy atom. The minimum Gasteiger partial charge on any atom is -0.491 e. The van der Waals surface area contributed by atoms with Crippen molar-refractivity contribution in [3.63, 3.8) is 0 Å². The number of nitrogen functional groups attached to an aromatic ring is 1. The van der Waals surface area contributed by atoms with Gasteiger partial charge in [0.25, 0.3) is 0 Å². The number of hydrogen-bond acceptors (Lipinski definition) is 3. The molecule has 0 unspecified atom stereocenters. The van der Waals surface area contributed by atoms with Crippen molar-refractivity contribution in [2.24, 2.45) is 0 Å². The number of rotatable bonds is 5. The van der Waals surface area contributed by atoms with E-state index in [0.29, 0.717) is 17.3 Å². The van der Waals surface area contributed by atoms with Gasteiger partial charge in [0.2, 0.25) is 0 Å². The summed E-state index contributed by atoms with van der Waals surface area (Å²) in [6, 6.07) is 5.37. The molecule has 19 heavy (non-hydrogen) atoms. The molecule has 0 saturated carbocycles. The average molecular weight is 283 g/mol. The zero-order chi connectivity index (χ0) is 13.5. The largest absolute Gasteiger partial charge is 0.491 e. The molecule has 1 aromatic carbocycles. The summed E-state index contributed by atoms with van der Waals surface area (Å²) >= 11 is 5.85. The molecule has 1 saturated heterocycles. The molecule has 0 spiro atoms. The lowest BCUT2D eigenvalue weighted by Crippen LogP contribution is -2.26. The summed E-state index contributed by atoms with van der Waals surface area (Å²) in [7, 11) is 0. The fourth-order valence-corrected chi connectivity index (χ4v) is 2.66. The molecule has 1 aliphatic rings. The average Bonchev–Trinajstić information content (AvgIpc) is 2.65. The van der Waals surface area contributed by atoms with Crippen LogP contribution in [-0.4, -0.2) is 31.1 Å². The Hall–Kier alpha value is -0.930. The number of benzene rings is 1. The third-order valence-electron chi connectivity index (χ3n) is 3.55. The van der Waals surface area contributed by atoms with E-state index in [9.17, 15) is 0 Å². The van der Waals surface area contributed by atoms with Gasteiger partial charge in [-0.1, -0.05) is 24.4 Å². The van der Waals surface area contributed by atoms with Crippen LogP contribution in [0.4, 0.5) is 5.69 Å². The van der Waals surface area contributed by atoms with Crippen molar-refractivity contribution < 1.29 is 4.74 Å². The van der Waals surface area contributed by atoms with Gasteiger partial charge in [-0.15, -0.1) is 0 Å². The van der Waals surface area contributed by atoms with E-state index >= 15 is 0 Å². The van der Waals surface area contributed by atoms with Crippen molar-refractivity contribution >= 4 is 17.3 Å². The van der Waals surface area contributed by atoms with Crippen LogP contribution in [0.25, 0.3) is 0 Å². The van der Waals surface area contributed by atoms with Crippen LogP contribution in [-0.2, 0) is 0 Å². The smallest absolute Gasteiger partial charge is 0.142 e. The van der Waals surface area contributed by atoms with Crippen LogP contribution in [0.1, 0.15) is 32.1 Å². The van der Waals surface area contributed by atoms with Crippen molar-refractivity contribution in [3.8, 4) is 5.75 Å². The van der Waals surface area contributed by atoms with Gasteiger partial charge in [-0.25, -0.2) is 0 Å². The highest BCUT2D eigenvalue weighted by molar-refractivity contribution is 6.30. The first-order chi connectivity index (χ1) is 9.25. The SMILES string of the molecule is Nc1cc(Cl)ccc1OCCCN1CCCCCC1. The van der Waals surface area contributed by atoms with E-state index in [-0.39, 0.29) is 0 Å². The lowest BCUT2D eigenvalue weighted by molar-refractivity contribution is 0.240. The molecule has 1 aliphatic heterocycles. The minimum atomic E-state index is 0.613. The van der Waals surface area contributed by atoms with Crippen LogP contribution in [0.3, 0.4) is 0 Å². The molecule has 2 rings (SSSR count). The Kier molecular flexibility index (Phi) is 5.80. The monoisotopic (exact) mass is 282 g/mol. The summed E-state index contributed by atoms with van der Waals surface area (Å²) in [6.07, 6.45) is 6.49. The molecule has 4 heteroatoms. The number of nitrogens with zero attached hydrogens (tertiary/aromatic N) is 1. The summed E-state index contributed by atoms with van der Waals surface area (Å²) in [6.45, 7) is 4.31. The number of ether oxygens (including phenoxy) is 1. The van der Waals surface area contributed by atoms with Gasteiger partial charge in [-0.3, -0.25) is 0 Å². The second-order valence-corrected chi connectivity index (χ2v) is 5.58. The number of hydrogen-bond donors (Lipinski definition) is 1. The summed E-state index contributed by atoms with van der Waals surface area (Å²) in [5.41, 5.74) is 6.46. The Morgan fingerprint density at radius 2 is 1.89 bits per heavy atom. The molecule has 3 nitrogen and oxygen atoms in total. The molecule has 0 radical (unpaired) electrons. The zero-order valence-electron chi connectivity index (χ0n) is 11.4. The van der Waals surface area contributed by atoms with E-state index in [1.54, 1.807) is 6.07 Å². The van der Waals surface area contributed by atoms with Crippen molar-refractivity contribution in [2.45, 2.75) is 32.1 Å². The second kappa shape index (κ2) is 7.61. The van der Waals surface area contributed by atoms with Crippen molar-refractivity contribution in [1.82, 2.24) is 4.90 Å². The highest BCUT2D eigenvalue weighted by atomic mass is 35.5. The van der Waals surface area contributed by atoms with Crippen LogP contribution in [0, 0.1) is 0 Å². The molecule has 1 fully saturated rings. The predicted octanol–water partition coefficient (Wildman–Crippen LogP) is 3.57. The Bertz CT molecular complexity index is 390. The molecule has 1 heterocycles. The van der Waals surface area contributed by atoms with Crippen LogP contribution in [0.5, 0.6) is 5.75 Å². The number of nitrogens with two attached hydrogens (primary N) is 1. The summed E-state index contributed by atoms with van der Waals surface area (Å²) in [5.74, 6) is 0.736. The zero-order valence-corrected chi connectivity index (χ0v) is 12.2.